The quantitative estimate of drug-likeness (QED) is 0.627. The Bertz CT molecular complexity index is 183. The molecule has 3 nitrogen and oxygen atoms in total. The summed E-state index contributed by atoms with van der Waals surface area (Å²) in [4.78, 5) is 11.2. The lowest BCUT2D eigenvalue weighted by molar-refractivity contribution is -0.169. The number of hydrogen-bond acceptors (Lipinski definition) is 3. The molecule has 0 radical (unpaired) electrons. The molecule has 3 heteroatoms. The number of rotatable bonds is 4. The SMILES string of the molecule is CCOC(=O)C1CC(C)(OCC)C1. The van der Waals surface area contributed by atoms with Crippen molar-refractivity contribution in [3.63, 3.8) is 0 Å². The molecule has 1 aliphatic carbocycles. The molecule has 0 unspecified atom stereocenters. The molecule has 1 saturated carbocycles. The average Bonchev–Trinajstić information content (AvgIpc) is 2.01. The van der Waals surface area contributed by atoms with Crippen LogP contribution < -0.4 is 0 Å². The summed E-state index contributed by atoms with van der Waals surface area (Å²) in [7, 11) is 0. The summed E-state index contributed by atoms with van der Waals surface area (Å²) in [6.07, 6.45) is 1.61. The first-order chi connectivity index (χ1) is 6.11. The largest absolute Gasteiger partial charge is 0.466 e. The molecular weight excluding hydrogens is 168 g/mol. The fraction of sp³-hybridized carbons (Fsp3) is 0.900. The molecule has 0 heterocycles. The highest BCUT2D eigenvalue weighted by Gasteiger charge is 2.45. The highest BCUT2D eigenvalue weighted by Crippen LogP contribution is 2.41. The molecule has 0 aromatic rings. The molecule has 0 aromatic carbocycles. The third-order valence-corrected chi connectivity index (χ3v) is 2.47. The highest BCUT2D eigenvalue weighted by atomic mass is 16.5. The second-order valence-electron chi connectivity index (χ2n) is 3.74. The van der Waals surface area contributed by atoms with Crippen LogP contribution in [-0.4, -0.2) is 24.8 Å². The van der Waals surface area contributed by atoms with Gasteiger partial charge in [-0.05, 0) is 33.6 Å². The maximum Gasteiger partial charge on any atom is 0.309 e. The molecule has 13 heavy (non-hydrogen) atoms. The molecule has 0 saturated heterocycles. The molecule has 1 aliphatic rings. The van der Waals surface area contributed by atoms with Crippen molar-refractivity contribution in [3.8, 4) is 0 Å². The molecule has 0 spiro atoms. The molecule has 76 valence electrons. The molecular formula is C10H18O3. The zero-order chi connectivity index (χ0) is 9.90. The smallest absolute Gasteiger partial charge is 0.309 e. The number of hydrogen-bond donors (Lipinski definition) is 0. The minimum absolute atomic E-state index is 0.0662. The number of ether oxygens (including phenoxy) is 2. The van der Waals surface area contributed by atoms with Crippen LogP contribution in [0.25, 0.3) is 0 Å². The van der Waals surface area contributed by atoms with E-state index in [2.05, 4.69) is 0 Å². The van der Waals surface area contributed by atoms with Gasteiger partial charge in [0.05, 0.1) is 18.1 Å². The fourth-order valence-corrected chi connectivity index (χ4v) is 1.88. The van der Waals surface area contributed by atoms with E-state index in [4.69, 9.17) is 9.47 Å². The van der Waals surface area contributed by atoms with Gasteiger partial charge in [-0.2, -0.15) is 0 Å². The predicted octanol–water partition coefficient (Wildman–Crippen LogP) is 1.75. The summed E-state index contributed by atoms with van der Waals surface area (Å²) in [6.45, 7) is 7.04. The van der Waals surface area contributed by atoms with E-state index in [-0.39, 0.29) is 17.5 Å². The summed E-state index contributed by atoms with van der Waals surface area (Å²) in [5.74, 6) is -0.00354. The standard InChI is InChI=1S/C10H18O3/c1-4-12-9(11)8-6-10(3,7-8)13-5-2/h8H,4-7H2,1-3H3. The maximum atomic E-state index is 11.2. The first kappa shape index (κ1) is 10.5. The molecule has 1 fully saturated rings. The molecule has 0 atom stereocenters. The van der Waals surface area contributed by atoms with Gasteiger partial charge in [-0.15, -0.1) is 0 Å². The summed E-state index contributed by atoms with van der Waals surface area (Å²) < 4.78 is 10.4. The van der Waals surface area contributed by atoms with E-state index >= 15 is 0 Å². The number of esters is 1. The van der Waals surface area contributed by atoms with Gasteiger partial charge in [-0.3, -0.25) is 4.79 Å². The van der Waals surface area contributed by atoms with Gasteiger partial charge >= 0.3 is 5.97 Å². The van der Waals surface area contributed by atoms with Crippen molar-refractivity contribution < 1.29 is 14.3 Å². The highest BCUT2D eigenvalue weighted by molar-refractivity contribution is 5.73. The van der Waals surface area contributed by atoms with Crippen molar-refractivity contribution in [2.75, 3.05) is 13.2 Å². The second kappa shape index (κ2) is 4.09. The van der Waals surface area contributed by atoms with Gasteiger partial charge in [0.2, 0.25) is 0 Å². The lowest BCUT2D eigenvalue weighted by atomic mass is 9.72. The molecule has 0 bridgehead atoms. The Labute approximate surface area is 79.4 Å². The summed E-state index contributed by atoms with van der Waals surface area (Å²) in [6, 6.07) is 0. The van der Waals surface area contributed by atoms with Gasteiger partial charge in [0.15, 0.2) is 0 Å². The van der Waals surface area contributed by atoms with Crippen molar-refractivity contribution in [2.24, 2.45) is 5.92 Å². The lowest BCUT2D eigenvalue weighted by Gasteiger charge is -2.43. The third-order valence-electron chi connectivity index (χ3n) is 2.47. The van der Waals surface area contributed by atoms with Crippen LogP contribution in [0.4, 0.5) is 0 Å². The lowest BCUT2D eigenvalue weighted by Crippen LogP contribution is -2.47. The van der Waals surface area contributed by atoms with Crippen molar-refractivity contribution in [1.29, 1.82) is 0 Å². The topological polar surface area (TPSA) is 35.5 Å². The Morgan fingerprint density at radius 2 is 2.00 bits per heavy atom. The Morgan fingerprint density at radius 1 is 1.38 bits per heavy atom. The van der Waals surface area contributed by atoms with Gasteiger partial charge in [0.1, 0.15) is 0 Å². The molecule has 1 rings (SSSR count). The summed E-state index contributed by atoms with van der Waals surface area (Å²) in [5, 5.41) is 0. The minimum Gasteiger partial charge on any atom is -0.466 e. The Hall–Kier alpha value is -0.570. The van der Waals surface area contributed by atoms with Crippen molar-refractivity contribution in [2.45, 2.75) is 39.2 Å². The van der Waals surface area contributed by atoms with E-state index in [1.807, 2.05) is 20.8 Å². The average molecular weight is 186 g/mol. The molecule has 0 aliphatic heterocycles. The number of carbonyl (C=O) groups is 1. The van der Waals surface area contributed by atoms with Gasteiger partial charge in [-0.1, -0.05) is 0 Å². The van der Waals surface area contributed by atoms with Gasteiger partial charge < -0.3 is 9.47 Å². The first-order valence-corrected chi connectivity index (χ1v) is 4.92. The number of carbonyl (C=O) groups excluding carboxylic acids is 1. The molecule has 0 N–H and O–H groups in total. The molecule has 0 amide bonds. The van der Waals surface area contributed by atoms with Crippen LogP contribution in [0.15, 0.2) is 0 Å². The monoisotopic (exact) mass is 186 g/mol. The zero-order valence-electron chi connectivity index (χ0n) is 8.63. The Balaban J connectivity index is 2.27. The van der Waals surface area contributed by atoms with Crippen LogP contribution in [0.1, 0.15) is 33.6 Å². The first-order valence-electron chi connectivity index (χ1n) is 4.92. The Kier molecular flexibility index (Phi) is 3.31. The van der Waals surface area contributed by atoms with Crippen LogP contribution in [0.5, 0.6) is 0 Å². The minimum atomic E-state index is -0.0772. The van der Waals surface area contributed by atoms with E-state index in [1.165, 1.54) is 0 Å². The summed E-state index contributed by atoms with van der Waals surface area (Å²) in [5.41, 5.74) is -0.0772. The van der Waals surface area contributed by atoms with Crippen LogP contribution >= 0.6 is 0 Å². The Morgan fingerprint density at radius 3 is 2.46 bits per heavy atom. The van der Waals surface area contributed by atoms with Crippen molar-refractivity contribution in [1.82, 2.24) is 0 Å². The van der Waals surface area contributed by atoms with Gasteiger partial charge in [0.25, 0.3) is 0 Å². The van der Waals surface area contributed by atoms with Crippen LogP contribution in [0.3, 0.4) is 0 Å². The third kappa shape index (κ3) is 2.44. The van der Waals surface area contributed by atoms with Crippen LogP contribution in [0, 0.1) is 5.92 Å². The van der Waals surface area contributed by atoms with Crippen molar-refractivity contribution >= 4 is 5.97 Å². The fourth-order valence-electron chi connectivity index (χ4n) is 1.88. The van der Waals surface area contributed by atoms with Gasteiger partial charge in [-0.25, -0.2) is 0 Å². The zero-order valence-corrected chi connectivity index (χ0v) is 8.63. The van der Waals surface area contributed by atoms with E-state index in [0.717, 1.165) is 12.8 Å². The van der Waals surface area contributed by atoms with E-state index in [0.29, 0.717) is 13.2 Å². The normalized spacial score (nSPS) is 32.4. The van der Waals surface area contributed by atoms with E-state index < -0.39 is 0 Å². The van der Waals surface area contributed by atoms with Crippen LogP contribution in [-0.2, 0) is 14.3 Å². The summed E-state index contributed by atoms with van der Waals surface area (Å²) >= 11 is 0. The van der Waals surface area contributed by atoms with Crippen LogP contribution in [0.2, 0.25) is 0 Å². The van der Waals surface area contributed by atoms with E-state index in [1.54, 1.807) is 0 Å². The molecule has 0 aromatic heterocycles. The van der Waals surface area contributed by atoms with Crippen molar-refractivity contribution in [3.05, 3.63) is 0 Å². The predicted molar refractivity (Wildman–Crippen MR) is 49.4 cm³/mol. The second-order valence-corrected chi connectivity index (χ2v) is 3.74. The van der Waals surface area contributed by atoms with E-state index in [9.17, 15) is 4.79 Å². The maximum absolute atomic E-state index is 11.2. The van der Waals surface area contributed by atoms with Gasteiger partial charge in [0, 0.05) is 6.61 Å².